The first-order valence-electron chi connectivity index (χ1n) is 6.65. The van der Waals surface area contributed by atoms with Crippen LogP contribution in [0.25, 0.3) is 0 Å². The molecule has 1 aromatic carbocycles. The van der Waals surface area contributed by atoms with E-state index in [1.807, 2.05) is 0 Å². The van der Waals surface area contributed by atoms with Crippen LogP contribution in [0.5, 0.6) is 0 Å². The van der Waals surface area contributed by atoms with Gasteiger partial charge in [-0.3, -0.25) is 0 Å². The topological polar surface area (TPSA) is 15.3 Å². The maximum Gasteiger partial charge on any atom is 0.0210 e. The number of hydrogen-bond donors (Lipinski definition) is 1. The maximum atomic E-state index is 3.70. The van der Waals surface area contributed by atoms with Crippen molar-refractivity contribution in [3.63, 3.8) is 0 Å². The lowest BCUT2D eigenvalue weighted by atomic mass is 10.0. The van der Waals surface area contributed by atoms with Crippen molar-refractivity contribution in [3.05, 3.63) is 35.9 Å². The van der Waals surface area contributed by atoms with E-state index in [2.05, 4.69) is 61.4 Å². The highest BCUT2D eigenvalue weighted by atomic mass is 15.2. The monoisotopic (exact) mass is 232 g/mol. The zero-order chi connectivity index (χ0) is 12.3. The number of nitrogens with one attached hydrogen (secondary N) is 1. The van der Waals surface area contributed by atoms with Gasteiger partial charge in [-0.15, -0.1) is 0 Å². The van der Waals surface area contributed by atoms with E-state index in [-0.39, 0.29) is 0 Å². The van der Waals surface area contributed by atoms with E-state index < -0.39 is 0 Å². The second-order valence-electron chi connectivity index (χ2n) is 5.44. The van der Waals surface area contributed by atoms with Crippen molar-refractivity contribution < 1.29 is 0 Å². The van der Waals surface area contributed by atoms with Gasteiger partial charge in [-0.25, -0.2) is 0 Å². The number of likely N-dealkylation sites (N-methyl/N-ethyl adjacent to an activating group) is 1. The largest absolute Gasteiger partial charge is 0.312 e. The van der Waals surface area contributed by atoms with Crippen molar-refractivity contribution in [2.75, 3.05) is 20.1 Å². The highest BCUT2D eigenvalue weighted by molar-refractivity contribution is 5.19. The Hall–Kier alpha value is -0.860. The Morgan fingerprint density at radius 1 is 1.35 bits per heavy atom. The Kier molecular flexibility index (Phi) is 4.19. The van der Waals surface area contributed by atoms with E-state index in [0.717, 1.165) is 12.6 Å². The minimum atomic E-state index is 0.595. The minimum Gasteiger partial charge on any atom is -0.312 e. The van der Waals surface area contributed by atoms with E-state index in [1.165, 1.54) is 18.5 Å². The number of likely N-dealkylation sites (tertiary alicyclic amines) is 1. The number of hydrogen-bond acceptors (Lipinski definition) is 2. The molecule has 1 saturated heterocycles. The molecule has 3 atom stereocenters. The fourth-order valence-corrected chi connectivity index (χ4v) is 2.58. The minimum absolute atomic E-state index is 0.595. The highest BCUT2D eigenvalue weighted by Crippen LogP contribution is 2.17. The van der Waals surface area contributed by atoms with Crippen molar-refractivity contribution in [1.82, 2.24) is 10.2 Å². The third-order valence-corrected chi connectivity index (χ3v) is 3.97. The summed E-state index contributed by atoms with van der Waals surface area (Å²) in [5.74, 6) is 0.595. The zero-order valence-electron chi connectivity index (χ0n) is 11.2. The molecule has 0 amide bonds. The van der Waals surface area contributed by atoms with Crippen LogP contribution in [0.4, 0.5) is 0 Å². The normalized spacial score (nSPS) is 27.2. The molecule has 17 heavy (non-hydrogen) atoms. The summed E-state index contributed by atoms with van der Waals surface area (Å²) in [4.78, 5) is 2.44. The van der Waals surface area contributed by atoms with Crippen LogP contribution in [0.1, 0.15) is 31.7 Å². The molecule has 3 unspecified atom stereocenters. The summed E-state index contributed by atoms with van der Waals surface area (Å²) in [7, 11) is 2.22. The highest BCUT2D eigenvalue weighted by Gasteiger charge is 2.25. The van der Waals surface area contributed by atoms with E-state index >= 15 is 0 Å². The first kappa shape index (κ1) is 12.6. The molecule has 0 saturated carbocycles. The summed E-state index contributed by atoms with van der Waals surface area (Å²) in [6.45, 7) is 6.87. The van der Waals surface area contributed by atoms with Crippen LogP contribution in [-0.4, -0.2) is 37.1 Å². The lowest BCUT2D eigenvalue weighted by Gasteiger charge is -2.17. The number of nitrogens with zero attached hydrogens (tertiary/aromatic N) is 1. The summed E-state index contributed by atoms with van der Waals surface area (Å²) in [6.07, 6.45) is 1.28. The molecule has 2 rings (SSSR count). The molecule has 2 nitrogen and oxygen atoms in total. The molecule has 0 bridgehead atoms. The van der Waals surface area contributed by atoms with Gasteiger partial charge < -0.3 is 10.2 Å². The summed E-state index contributed by atoms with van der Waals surface area (Å²) >= 11 is 0. The molecule has 1 aliphatic heterocycles. The standard InChI is InChI=1S/C15H24N2/c1-12(14-7-5-4-6-8-14)10-16-15-9-13(2)17(3)11-15/h4-8,12-13,15-16H,9-11H2,1-3H3. The predicted molar refractivity (Wildman–Crippen MR) is 73.4 cm³/mol. The lowest BCUT2D eigenvalue weighted by molar-refractivity contribution is 0.326. The lowest BCUT2D eigenvalue weighted by Crippen LogP contribution is -2.34. The molecule has 1 aromatic rings. The molecule has 0 spiro atoms. The predicted octanol–water partition coefficient (Wildman–Crippen LogP) is 2.47. The smallest absolute Gasteiger partial charge is 0.0210 e. The van der Waals surface area contributed by atoms with Crippen LogP contribution in [0.15, 0.2) is 30.3 Å². The van der Waals surface area contributed by atoms with E-state index in [4.69, 9.17) is 0 Å². The van der Waals surface area contributed by atoms with Crippen molar-refractivity contribution >= 4 is 0 Å². The Labute approximate surface area is 105 Å². The van der Waals surface area contributed by atoms with Gasteiger partial charge in [0.1, 0.15) is 0 Å². The van der Waals surface area contributed by atoms with Crippen LogP contribution in [0.2, 0.25) is 0 Å². The van der Waals surface area contributed by atoms with Crippen molar-refractivity contribution in [3.8, 4) is 0 Å². The van der Waals surface area contributed by atoms with E-state index in [0.29, 0.717) is 12.0 Å². The molecule has 0 aromatic heterocycles. The number of benzene rings is 1. The Balaban J connectivity index is 1.79. The third kappa shape index (κ3) is 3.30. The van der Waals surface area contributed by atoms with Crippen LogP contribution in [-0.2, 0) is 0 Å². The van der Waals surface area contributed by atoms with Crippen LogP contribution >= 0.6 is 0 Å². The molecule has 1 aliphatic rings. The molecular formula is C15H24N2. The second kappa shape index (κ2) is 5.65. The SMILES string of the molecule is CC(CNC1CC(C)N(C)C1)c1ccccc1. The molecule has 94 valence electrons. The Morgan fingerprint density at radius 2 is 2.06 bits per heavy atom. The summed E-state index contributed by atoms with van der Waals surface area (Å²) < 4.78 is 0. The van der Waals surface area contributed by atoms with Gasteiger partial charge in [0.05, 0.1) is 0 Å². The maximum absolute atomic E-state index is 3.70. The summed E-state index contributed by atoms with van der Waals surface area (Å²) in [6, 6.07) is 12.2. The molecule has 1 heterocycles. The summed E-state index contributed by atoms with van der Waals surface area (Å²) in [5, 5.41) is 3.70. The first-order valence-corrected chi connectivity index (χ1v) is 6.65. The van der Waals surface area contributed by atoms with Gasteiger partial charge in [-0.1, -0.05) is 37.3 Å². The third-order valence-electron chi connectivity index (χ3n) is 3.97. The van der Waals surface area contributed by atoms with Gasteiger partial charge in [0.25, 0.3) is 0 Å². The quantitative estimate of drug-likeness (QED) is 0.858. The van der Waals surface area contributed by atoms with Gasteiger partial charge in [0, 0.05) is 25.2 Å². The van der Waals surface area contributed by atoms with Gasteiger partial charge in [-0.2, -0.15) is 0 Å². The molecule has 2 heteroatoms. The molecule has 1 fully saturated rings. The second-order valence-corrected chi connectivity index (χ2v) is 5.44. The van der Waals surface area contributed by atoms with E-state index in [1.54, 1.807) is 0 Å². The molecule has 1 N–H and O–H groups in total. The van der Waals surface area contributed by atoms with Gasteiger partial charge >= 0.3 is 0 Å². The Morgan fingerprint density at radius 3 is 2.65 bits per heavy atom. The van der Waals surface area contributed by atoms with Crippen LogP contribution in [0, 0.1) is 0 Å². The van der Waals surface area contributed by atoms with E-state index in [9.17, 15) is 0 Å². The molecule has 0 aliphatic carbocycles. The molecular weight excluding hydrogens is 208 g/mol. The van der Waals surface area contributed by atoms with Crippen LogP contribution in [0.3, 0.4) is 0 Å². The average Bonchev–Trinajstić information content (AvgIpc) is 2.67. The molecule has 0 radical (unpaired) electrons. The van der Waals surface area contributed by atoms with Gasteiger partial charge in [0.15, 0.2) is 0 Å². The zero-order valence-corrected chi connectivity index (χ0v) is 11.2. The van der Waals surface area contributed by atoms with Crippen molar-refractivity contribution in [2.24, 2.45) is 0 Å². The number of rotatable bonds is 4. The first-order chi connectivity index (χ1) is 8.16. The fraction of sp³-hybridized carbons (Fsp3) is 0.600. The van der Waals surface area contributed by atoms with Crippen molar-refractivity contribution in [2.45, 2.75) is 38.3 Å². The van der Waals surface area contributed by atoms with Gasteiger partial charge in [-0.05, 0) is 31.9 Å². The Bertz CT molecular complexity index is 326. The average molecular weight is 232 g/mol. The summed E-state index contributed by atoms with van der Waals surface area (Å²) in [5.41, 5.74) is 1.43. The fourth-order valence-electron chi connectivity index (χ4n) is 2.58. The van der Waals surface area contributed by atoms with Crippen molar-refractivity contribution in [1.29, 1.82) is 0 Å². The van der Waals surface area contributed by atoms with Crippen LogP contribution < -0.4 is 5.32 Å². The van der Waals surface area contributed by atoms with Gasteiger partial charge in [0.2, 0.25) is 0 Å².